The SMILES string of the molecule is CN=C(NCCCOCC(F)(F)F)N(C)Cc1ccc(Br)cc1. The molecule has 0 heterocycles. The number of rotatable bonds is 7. The Hall–Kier alpha value is -1.28. The molecule has 23 heavy (non-hydrogen) atoms. The first kappa shape index (κ1) is 19.8. The molecular formula is C15H21BrF3N3O. The van der Waals surface area contributed by atoms with Gasteiger partial charge in [0, 0.05) is 38.3 Å². The second kappa shape index (κ2) is 9.77. The molecule has 1 aromatic carbocycles. The summed E-state index contributed by atoms with van der Waals surface area (Å²) in [4.78, 5) is 6.10. The minimum Gasteiger partial charge on any atom is -0.372 e. The molecule has 0 aromatic heterocycles. The van der Waals surface area contributed by atoms with E-state index in [0.29, 0.717) is 25.5 Å². The van der Waals surface area contributed by atoms with Gasteiger partial charge in [0.05, 0.1) is 0 Å². The van der Waals surface area contributed by atoms with E-state index in [1.807, 2.05) is 36.2 Å². The number of alkyl halides is 3. The highest BCUT2D eigenvalue weighted by Crippen LogP contribution is 2.14. The molecule has 0 saturated heterocycles. The molecule has 0 saturated carbocycles. The third-order valence-electron chi connectivity index (χ3n) is 2.92. The molecule has 1 aromatic rings. The summed E-state index contributed by atoms with van der Waals surface area (Å²) in [6, 6.07) is 7.96. The monoisotopic (exact) mass is 395 g/mol. The van der Waals surface area contributed by atoms with Gasteiger partial charge in [0.2, 0.25) is 0 Å². The summed E-state index contributed by atoms with van der Waals surface area (Å²) >= 11 is 3.39. The van der Waals surface area contributed by atoms with Gasteiger partial charge in [0.1, 0.15) is 6.61 Å². The van der Waals surface area contributed by atoms with Crippen molar-refractivity contribution < 1.29 is 17.9 Å². The molecule has 0 spiro atoms. The normalized spacial score (nSPS) is 12.3. The molecule has 130 valence electrons. The van der Waals surface area contributed by atoms with Crippen molar-refractivity contribution in [3.8, 4) is 0 Å². The van der Waals surface area contributed by atoms with Crippen molar-refractivity contribution in [1.29, 1.82) is 0 Å². The summed E-state index contributed by atoms with van der Waals surface area (Å²) in [7, 11) is 3.57. The van der Waals surface area contributed by atoms with Gasteiger partial charge in [0.15, 0.2) is 5.96 Å². The van der Waals surface area contributed by atoms with Crippen LogP contribution >= 0.6 is 15.9 Å². The molecule has 0 bridgehead atoms. The molecule has 0 unspecified atom stereocenters. The van der Waals surface area contributed by atoms with Crippen molar-refractivity contribution >= 4 is 21.9 Å². The van der Waals surface area contributed by atoms with E-state index in [1.54, 1.807) is 7.05 Å². The van der Waals surface area contributed by atoms with Crippen molar-refractivity contribution in [2.24, 2.45) is 4.99 Å². The van der Waals surface area contributed by atoms with E-state index in [0.717, 1.165) is 10.0 Å². The van der Waals surface area contributed by atoms with Gasteiger partial charge in [-0.1, -0.05) is 28.1 Å². The van der Waals surface area contributed by atoms with Crippen molar-refractivity contribution in [2.75, 3.05) is 33.9 Å². The number of hydrogen-bond donors (Lipinski definition) is 1. The number of nitrogens with one attached hydrogen (secondary N) is 1. The summed E-state index contributed by atoms with van der Waals surface area (Å²) in [5.74, 6) is 0.684. The van der Waals surface area contributed by atoms with Crippen LogP contribution in [0, 0.1) is 0 Å². The van der Waals surface area contributed by atoms with Crippen LogP contribution in [0.15, 0.2) is 33.7 Å². The predicted molar refractivity (Wildman–Crippen MR) is 88.5 cm³/mol. The quantitative estimate of drug-likeness (QED) is 0.436. The van der Waals surface area contributed by atoms with Crippen LogP contribution in [-0.4, -0.2) is 50.9 Å². The summed E-state index contributed by atoms with van der Waals surface area (Å²) in [5.41, 5.74) is 1.13. The largest absolute Gasteiger partial charge is 0.411 e. The highest BCUT2D eigenvalue weighted by molar-refractivity contribution is 9.10. The highest BCUT2D eigenvalue weighted by atomic mass is 79.9. The first-order valence-corrected chi connectivity index (χ1v) is 7.92. The zero-order chi connectivity index (χ0) is 17.3. The number of nitrogens with zero attached hydrogens (tertiary/aromatic N) is 2. The fraction of sp³-hybridized carbons (Fsp3) is 0.533. The van der Waals surface area contributed by atoms with Gasteiger partial charge in [-0.25, -0.2) is 0 Å². The number of ether oxygens (including phenoxy) is 1. The van der Waals surface area contributed by atoms with E-state index in [-0.39, 0.29) is 6.61 Å². The molecule has 0 aliphatic carbocycles. The Bertz CT molecular complexity index is 492. The van der Waals surface area contributed by atoms with Crippen LogP contribution in [0.1, 0.15) is 12.0 Å². The number of hydrogen-bond acceptors (Lipinski definition) is 2. The van der Waals surface area contributed by atoms with E-state index >= 15 is 0 Å². The number of aliphatic imine (C=N–C) groups is 1. The lowest BCUT2D eigenvalue weighted by molar-refractivity contribution is -0.173. The molecule has 1 N–H and O–H groups in total. The van der Waals surface area contributed by atoms with Crippen LogP contribution in [0.2, 0.25) is 0 Å². The fourth-order valence-corrected chi connectivity index (χ4v) is 2.15. The zero-order valence-electron chi connectivity index (χ0n) is 13.2. The maximum atomic E-state index is 11.9. The van der Waals surface area contributed by atoms with Gasteiger partial charge in [0.25, 0.3) is 0 Å². The van der Waals surface area contributed by atoms with Crippen LogP contribution in [-0.2, 0) is 11.3 Å². The van der Waals surface area contributed by atoms with E-state index in [9.17, 15) is 13.2 Å². The number of halogens is 4. The van der Waals surface area contributed by atoms with Crippen molar-refractivity contribution in [2.45, 2.75) is 19.1 Å². The minimum atomic E-state index is -4.27. The van der Waals surface area contributed by atoms with Crippen molar-refractivity contribution in [3.63, 3.8) is 0 Å². The first-order chi connectivity index (χ1) is 10.8. The van der Waals surface area contributed by atoms with E-state index in [1.165, 1.54) is 0 Å². The van der Waals surface area contributed by atoms with Gasteiger partial charge in [-0.15, -0.1) is 0 Å². The van der Waals surface area contributed by atoms with Crippen LogP contribution in [0.4, 0.5) is 13.2 Å². The Kier molecular flexibility index (Phi) is 8.40. The van der Waals surface area contributed by atoms with Gasteiger partial charge in [-0.2, -0.15) is 13.2 Å². The Morgan fingerprint density at radius 3 is 2.52 bits per heavy atom. The lowest BCUT2D eigenvalue weighted by atomic mass is 10.2. The summed E-state index contributed by atoms with van der Waals surface area (Å²) < 4.78 is 41.3. The lowest BCUT2D eigenvalue weighted by Gasteiger charge is -2.22. The lowest BCUT2D eigenvalue weighted by Crippen LogP contribution is -2.39. The van der Waals surface area contributed by atoms with Gasteiger partial charge >= 0.3 is 6.18 Å². The first-order valence-electron chi connectivity index (χ1n) is 7.12. The Morgan fingerprint density at radius 1 is 1.30 bits per heavy atom. The Balaban J connectivity index is 2.29. The highest BCUT2D eigenvalue weighted by Gasteiger charge is 2.27. The second-order valence-electron chi connectivity index (χ2n) is 4.98. The average molecular weight is 396 g/mol. The van der Waals surface area contributed by atoms with E-state index in [2.05, 4.69) is 31.0 Å². The standard InChI is InChI=1S/C15H21BrF3N3O/c1-20-14(21-8-3-9-23-11-15(17,18)19)22(2)10-12-4-6-13(16)7-5-12/h4-7H,3,8-11H2,1-2H3,(H,20,21). The molecule has 0 aliphatic heterocycles. The third-order valence-corrected chi connectivity index (χ3v) is 3.45. The second-order valence-corrected chi connectivity index (χ2v) is 5.89. The molecule has 4 nitrogen and oxygen atoms in total. The van der Waals surface area contributed by atoms with Crippen LogP contribution in [0.5, 0.6) is 0 Å². The molecule has 8 heteroatoms. The summed E-state index contributed by atoms with van der Waals surface area (Å²) in [5, 5.41) is 3.10. The van der Waals surface area contributed by atoms with Gasteiger partial charge < -0.3 is 15.0 Å². The molecule has 0 fully saturated rings. The maximum Gasteiger partial charge on any atom is 0.411 e. The topological polar surface area (TPSA) is 36.9 Å². The smallest absolute Gasteiger partial charge is 0.372 e. The van der Waals surface area contributed by atoms with Crippen molar-refractivity contribution in [1.82, 2.24) is 10.2 Å². The van der Waals surface area contributed by atoms with Crippen LogP contribution < -0.4 is 5.32 Å². The fourth-order valence-electron chi connectivity index (χ4n) is 1.89. The van der Waals surface area contributed by atoms with Crippen LogP contribution in [0.25, 0.3) is 0 Å². The summed E-state index contributed by atoms with van der Waals surface area (Å²) in [6.07, 6.45) is -3.80. The molecule has 0 aliphatic rings. The van der Waals surface area contributed by atoms with Crippen LogP contribution in [0.3, 0.4) is 0 Å². The van der Waals surface area contributed by atoms with E-state index in [4.69, 9.17) is 0 Å². The molecule has 0 amide bonds. The zero-order valence-corrected chi connectivity index (χ0v) is 14.7. The Labute approximate surface area is 142 Å². The molecule has 1 rings (SSSR count). The average Bonchev–Trinajstić information content (AvgIpc) is 2.47. The molecule has 0 radical (unpaired) electrons. The van der Waals surface area contributed by atoms with Crippen molar-refractivity contribution in [3.05, 3.63) is 34.3 Å². The Morgan fingerprint density at radius 2 is 1.96 bits per heavy atom. The predicted octanol–water partition coefficient (Wildman–Crippen LogP) is 3.43. The minimum absolute atomic E-state index is 0.0555. The summed E-state index contributed by atoms with van der Waals surface area (Å²) in [6.45, 7) is 0.0257. The molecule has 0 atom stereocenters. The van der Waals surface area contributed by atoms with E-state index < -0.39 is 12.8 Å². The molecular weight excluding hydrogens is 375 g/mol. The van der Waals surface area contributed by atoms with Gasteiger partial charge in [-0.3, -0.25) is 4.99 Å². The third kappa shape index (κ3) is 8.80. The van der Waals surface area contributed by atoms with Gasteiger partial charge in [-0.05, 0) is 24.1 Å². The number of guanidine groups is 1. The maximum absolute atomic E-state index is 11.9. The number of benzene rings is 1.